The molecule has 4 rings (SSSR count). The van der Waals surface area contributed by atoms with Crippen LogP contribution in [0.15, 0.2) is 54.6 Å². The molecule has 0 aliphatic heterocycles. The Hall–Kier alpha value is -3.08. The van der Waals surface area contributed by atoms with Crippen molar-refractivity contribution >= 4 is 11.7 Å². The van der Waals surface area contributed by atoms with Crippen LogP contribution < -0.4 is 10.1 Å². The largest absolute Gasteiger partial charge is 0.497 e. The third-order valence-corrected chi connectivity index (χ3v) is 5.60. The Morgan fingerprint density at radius 3 is 2.38 bits per heavy atom. The van der Waals surface area contributed by atoms with Crippen molar-refractivity contribution in [3.05, 3.63) is 60.2 Å². The number of hydrogen-bond donors (Lipinski definition) is 1. The normalized spacial score (nSPS) is 14.6. The molecule has 0 bridgehead atoms. The molecule has 1 amide bonds. The molecule has 5 heteroatoms. The van der Waals surface area contributed by atoms with Gasteiger partial charge in [0, 0.05) is 17.5 Å². The highest BCUT2D eigenvalue weighted by molar-refractivity contribution is 5.92. The lowest BCUT2D eigenvalue weighted by Gasteiger charge is -2.20. The smallest absolute Gasteiger partial charge is 0.228 e. The van der Waals surface area contributed by atoms with E-state index in [1.165, 1.54) is 12.0 Å². The summed E-state index contributed by atoms with van der Waals surface area (Å²) in [5.41, 5.74) is 3.90. The van der Waals surface area contributed by atoms with Gasteiger partial charge in [0.05, 0.1) is 18.5 Å². The summed E-state index contributed by atoms with van der Waals surface area (Å²) in [6.07, 6.45) is 5.43. The Morgan fingerprint density at radius 2 is 1.72 bits per heavy atom. The molecule has 1 saturated carbocycles. The van der Waals surface area contributed by atoms with Crippen molar-refractivity contribution in [1.29, 1.82) is 0 Å². The van der Waals surface area contributed by atoms with Gasteiger partial charge in [-0.25, -0.2) is 4.68 Å². The second-order valence-corrected chi connectivity index (χ2v) is 7.71. The quantitative estimate of drug-likeness (QED) is 0.638. The van der Waals surface area contributed by atoms with Crippen molar-refractivity contribution in [2.24, 2.45) is 5.92 Å². The molecule has 1 fully saturated rings. The highest BCUT2D eigenvalue weighted by atomic mass is 16.5. The Bertz CT molecular complexity index is 968. The molecule has 1 aliphatic rings. The molecule has 1 heterocycles. The van der Waals surface area contributed by atoms with E-state index in [4.69, 9.17) is 9.84 Å². The minimum Gasteiger partial charge on any atom is -0.497 e. The number of amides is 1. The highest BCUT2D eigenvalue weighted by Gasteiger charge is 2.23. The van der Waals surface area contributed by atoms with Crippen molar-refractivity contribution in [3.8, 4) is 22.7 Å². The van der Waals surface area contributed by atoms with Gasteiger partial charge in [-0.3, -0.25) is 4.79 Å². The van der Waals surface area contributed by atoms with Crippen LogP contribution in [-0.4, -0.2) is 22.8 Å². The summed E-state index contributed by atoms with van der Waals surface area (Å²) in [5, 5.41) is 7.94. The molecule has 0 unspecified atom stereocenters. The molecule has 29 heavy (non-hydrogen) atoms. The van der Waals surface area contributed by atoms with Gasteiger partial charge in [0.1, 0.15) is 11.6 Å². The number of nitrogens with zero attached hydrogens (tertiary/aromatic N) is 2. The summed E-state index contributed by atoms with van der Waals surface area (Å²) in [7, 11) is 1.65. The van der Waals surface area contributed by atoms with Crippen LogP contribution in [0.2, 0.25) is 0 Å². The molecule has 5 nitrogen and oxygen atoms in total. The van der Waals surface area contributed by atoms with Crippen LogP contribution >= 0.6 is 0 Å². The van der Waals surface area contributed by atoms with Gasteiger partial charge in [0.2, 0.25) is 5.91 Å². The lowest BCUT2D eigenvalue weighted by Crippen LogP contribution is -2.25. The minimum atomic E-state index is 0.0922. The Kier molecular flexibility index (Phi) is 5.65. The molecule has 0 saturated heterocycles. The summed E-state index contributed by atoms with van der Waals surface area (Å²) in [4.78, 5) is 12.9. The van der Waals surface area contributed by atoms with E-state index in [9.17, 15) is 4.79 Å². The monoisotopic (exact) mass is 389 g/mol. The average Bonchev–Trinajstić information content (AvgIpc) is 3.18. The van der Waals surface area contributed by atoms with Gasteiger partial charge in [-0.05, 0) is 56.2 Å². The summed E-state index contributed by atoms with van der Waals surface area (Å²) >= 11 is 0. The summed E-state index contributed by atoms with van der Waals surface area (Å²) in [6.45, 7) is 2.06. The van der Waals surface area contributed by atoms with E-state index in [-0.39, 0.29) is 11.8 Å². The fourth-order valence-corrected chi connectivity index (χ4v) is 3.85. The SMILES string of the molecule is COc1ccc(-c2cc(NC(=O)C3CCCCC3)n(-c3ccc(C)cc3)n2)cc1. The number of aromatic nitrogens is 2. The van der Waals surface area contributed by atoms with E-state index in [1.807, 2.05) is 47.1 Å². The van der Waals surface area contributed by atoms with Crippen molar-refractivity contribution in [3.63, 3.8) is 0 Å². The van der Waals surface area contributed by atoms with Crippen LogP contribution in [0, 0.1) is 12.8 Å². The van der Waals surface area contributed by atoms with Gasteiger partial charge in [-0.1, -0.05) is 37.0 Å². The number of ether oxygens (including phenoxy) is 1. The fraction of sp³-hybridized carbons (Fsp3) is 0.333. The van der Waals surface area contributed by atoms with Gasteiger partial charge in [-0.15, -0.1) is 0 Å². The third-order valence-electron chi connectivity index (χ3n) is 5.60. The van der Waals surface area contributed by atoms with Crippen LogP contribution in [0.25, 0.3) is 16.9 Å². The lowest BCUT2D eigenvalue weighted by molar-refractivity contribution is -0.120. The number of nitrogens with one attached hydrogen (secondary N) is 1. The summed E-state index contributed by atoms with van der Waals surface area (Å²) in [5.74, 6) is 1.70. The molecule has 3 aromatic rings. The number of aryl methyl sites for hydroxylation is 1. The third kappa shape index (κ3) is 4.34. The van der Waals surface area contributed by atoms with Crippen molar-refractivity contribution in [1.82, 2.24) is 9.78 Å². The Balaban J connectivity index is 1.67. The van der Waals surface area contributed by atoms with Crippen molar-refractivity contribution in [2.75, 3.05) is 12.4 Å². The summed E-state index contributed by atoms with van der Waals surface area (Å²) < 4.78 is 7.07. The topological polar surface area (TPSA) is 56.1 Å². The standard InChI is InChI=1S/C24H27N3O2/c1-17-8-12-20(13-9-17)27-23(25-24(28)19-6-4-3-5-7-19)16-22(26-27)18-10-14-21(29-2)15-11-18/h8-16,19H,3-7H2,1-2H3,(H,25,28). The Labute approximate surface area is 171 Å². The minimum absolute atomic E-state index is 0.0922. The molecule has 2 aromatic carbocycles. The van der Waals surface area contributed by atoms with Crippen LogP contribution in [0.3, 0.4) is 0 Å². The maximum absolute atomic E-state index is 12.9. The summed E-state index contributed by atoms with van der Waals surface area (Å²) in [6, 6.07) is 17.9. The number of anilines is 1. The predicted molar refractivity (Wildman–Crippen MR) is 115 cm³/mol. The molecule has 150 valence electrons. The number of benzene rings is 2. The zero-order chi connectivity index (χ0) is 20.2. The van der Waals surface area contributed by atoms with Crippen LogP contribution in [-0.2, 0) is 4.79 Å². The van der Waals surface area contributed by atoms with Crippen LogP contribution in [0.1, 0.15) is 37.7 Å². The first-order valence-corrected chi connectivity index (χ1v) is 10.3. The molecule has 0 atom stereocenters. The van der Waals surface area contributed by atoms with E-state index in [0.717, 1.165) is 48.4 Å². The van der Waals surface area contributed by atoms with Crippen molar-refractivity contribution in [2.45, 2.75) is 39.0 Å². The lowest BCUT2D eigenvalue weighted by atomic mass is 9.89. The number of rotatable bonds is 5. The second kappa shape index (κ2) is 8.52. The number of methoxy groups -OCH3 is 1. The number of hydrogen-bond acceptors (Lipinski definition) is 3. The van der Waals surface area contributed by atoms with Gasteiger partial charge in [0.15, 0.2) is 0 Å². The second-order valence-electron chi connectivity index (χ2n) is 7.71. The van der Waals surface area contributed by atoms with E-state index < -0.39 is 0 Å². The molecule has 1 aliphatic carbocycles. The molecule has 0 radical (unpaired) electrons. The van der Waals surface area contributed by atoms with Crippen LogP contribution in [0.4, 0.5) is 5.82 Å². The molecule has 1 N–H and O–H groups in total. The zero-order valence-electron chi connectivity index (χ0n) is 17.0. The first kappa shape index (κ1) is 19.2. The number of carbonyl (C=O) groups excluding carboxylic acids is 1. The van der Waals surface area contributed by atoms with Crippen molar-refractivity contribution < 1.29 is 9.53 Å². The van der Waals surface area contributed by atoms with Gasteiger partial charge < -0.3 is 10.1 Å². The van der Waals surface area contributed by atoms with E-state index in [1.54, 1.807) is 7.11 Å². The maximum atomic E-state index is 12.9. The van der Waals surface area contributed by atoms with E-state index >= 15 is 0 Å². The van der Waals surface area contributed by atoms with Crippen LogP contribution in [0.5, 0.6) is 5.75 Å². The molecular formula is C24H27N3O2. The van der Waals surface area contributed by atoms with E-state index in [2.05, 4.69) is 24.4 Å². The predicted octanol–water partition coefficient (Wildman–Crippen LogP) is 5.38. The molecule has 1 aromatic heterocycles. The highest BCUT2D eigenvalue weighted by Crippen LogP contribution is 2.29. The Morgan fingerprint density at radius 1 is 1.03 bits per heavy atom. The first-order chi connectivity index (χ1) is 14.1. The zero-order valence-corrected chi connectivity index (χ0v) is 17.0. The maximum Gasteiger partial charge on any atom is 0.228 e. The first-order valence-electron chi connectivity index (χ1n) is 10.3. The fourth-order valence-electron chi connectivity index (χ4n) is 3.85. The molecule has 0 spiro atoms. The van der Waals surface area contributed by atoms with Gasteiger partial charge >= 0.3 is 0 Å². The van der Waals surface area contributed by atoms with Gasteiger partial charge in [-0.2, -0.15) is 5.10 Å². The average molecular weight is 389 g/mol. The number of carbonyl (C=O) groups is 1. The van der Waals surface area contributed by atoms with E-state index in [0.29, 0.717) is 5.82 Å². The van der Waals surface area contributed by atoms with Gasteiger partial charge in [0.25, 0.3) is 0 Å². The molecular weight excluding hydrogens is 362 g/mol.